The third kappa shape index (κ3) is 6.85. The van der Waals surface area contributed by atoms with E-state index < -0.39 is 0 Å². The van der Waals surface area contributed by atoms with Gasteiger partial charge in [0.1, 0.15) is 5.75 Å². The molecule has 0 unspecified atom stereocenters. The summed E-state index contributed by atoms with van der Waals surface area (Å²) in [5.41, 5.74) is 1.17. The zero-order valence-corrected chi connectivity index (χ0v) is 12.1. The third-order valence-electron chi connectivity index (χ3n) is 2.98. The van der Waals surface area contributed by atoms with Crippen molar-refractivity contribution in [2.45, 2.75) is 46.0 Å². The normalized spacial score (nSPS) is 10.2. The Morgan fingerprint density at radius 2 is 1.89 bits per heavy atom. The first-order valence-corrected chi connectivity index (χ1v) is 7.24. The highest BCUT2D eigenvalue weighted by Gasteiger charge is 2.02. The fraction of sp³-hybridized carbons (Fsp3) is 0.562. The maximum atomic E-state index is 11.6. The van der Waals surface area contributed by atoms with Gasteiger partial charge in [-0.05, 0) is 37.5 Å². The molecule has 0 aromatic heterocycles. The van der Waals surface area contributed by atoms with E-state index in [1.54, 1.807) is 0 Å². The molecule has 0 spiro atoms. The Hall–Kier alpha value is -1.51. The Balaban J connectivity index is 2.22. The number of hydrogen-bond acceptors (Lipinski definition) is 2. The summed E-state index contributed by atoms with van der Waals surface area (Å²) in [5.74, 6) is 1.03. The molecule has 1 rings (SSSR count). The van der Waals surface area contributed by atoms with Gasteiger partial charge in [-0.25, -0.2) is 0 Å². The maximum absolute atomic E-state index is 11.6. The van der Waals surface area contributed by atoms with E-state index in [1.807, 2.05) is 31.2 Å². The van der Waals surface area contributed by atoms with Gasteiger partial charge in [-0.15, -0.1) is 0 Å². The van der Waals surface area contributed by atoms with E-state index in [-0.39, 0.29) is 5.91 Å². The molecule has 0 heterocycles. The van der Waals surface area contributed by atoms with E-state index in [0.717, 1.165) is 25.1 Å². The standard InChI is InChI=1S/C16H25NO2/c1-3-5-6-13-17-16(18)12-9-14-7-10-15(11-8-14)19-4-2/h7-8,10-11H,3-6,9,12-13H2,1-2H3,(H,17,18). The molecule has 0 atom stereocenters. The number of hydrogen-bond donors (Lipinski definition) is 1. The highest BCUT2D eigenvalue weighted by atomic mass is 16.5. The number of unbranched alkanes of at least 4 members (excludes halogenated alkanes) is 2. The molecule has 106 valence electrons. The highest BCUT2D eigenvalue weighted by Crippen LogP contribution is 2.13. The second kappa shape index (κ2) is 9.42. The van der Waals surface area contributed by atoms with Crippen molar-refractivity contribution in [2.24, 2.45) is 0 Å². The second-order valence-corrected chi connectivity index (χ2v) is 4.63. The fourth-order valence-electron chi connectivity index (χ4n) is 1.87. The van der Waals surface area contributed by atoms with Crippen LogP contribution in [-0.2, 0) is 11.2 Å². The van der Waals surface area contributed by atoms with Crippen molar-refractivity contribution in [2.75, 3.05) is 13.2 Å². The third-order valence-corrected chi connectivity index (χ3v) is 2.98. The lowest BCUT2D eigenvalue weighted by Crippen LogP contribution is -2.24. The minimum Gasteiger partial charge on any atom is -0.494 e. The topological polar surface area (TPSA) is 38.3 Å². The maximum Gasteiger partial charge on any atom is 0.220 e. The second-order valence-electron chi connectivity index (χ2n) is 4.63. The van der Waals surface area contributed by atoms with Crippen LogP contribution in [-0.4, -0.2) is 19.1 Å². The predicted molar refractivity (Wildman–Crippen MR) is 78.5 cm³/mol. The number of ether oxygens (including phenoxy) is 1. The van der Waals surface area contributed by atoms with Crippen LogP contribution in [0.15, 0.2) is 24.3 Å². The molecule has 3 nitrogen and oxygen atoms in total. The van der Waals surface area contributed by atoms with Crippen molar-refractivity contribution in [3.63, 3.8) is 0 Å². The highest BCUT2D eigenvalue weighted by molar-refractivity contribution is 5.76. The molecular weight excluding hydrogens is 238 g/mol. The minimum atomic E-state index is 0.144. The number of amides is 1. The van der Waals surface area contributed by atoms with Gasteiger partial charge in [0.05, 0.1) is 6.61 Å². The fourth-order valence-corrected chi connectivity index (χ4v) is 1.87. The van der Waals surface area contributed by atoms with Crippen molar-refractivity contribution < 1.29 is 9.53 Å². The molecule has 1 N–H and O–H groups in total. The molecule has 1 aromatic rings. The molecule has 0 radical (unpaired) electrons. The number of nitrogens with one attached hydrogen (secondary N) is 1. The van der Waals surface area contributed by atoms with E-state index in [1.165, 1.54) is 18.4 Å². The lowest BCUT2D eigenvalue weighted by molar-refractivity contribution is -0.121. The van der Waals surface area contributed by atoms with Crippen LogP contribution in [0.25, 0.3) is 0 Å². The summed E-state index contributed by atoms with van der Waals surface area (Å²) in [6.45, 7) is 5.61. The minimum absolute atomic E-state index is 0.144. The average molecular weight is 263 g/mol. The number of benzene rings is 1. The Morgan fingerprint density at radius 3 is 2.53 bits per heavy atom. The molecule has 1 amide bonds. The molecule has 0 saturated carbocycles. The summed E-state index contributed by atoms with van der Waals surface area (Å²) in [5, 5.41) is 2.96. The number of rotatable bonds is 9. The van der Waals surface area contributed by atoms with E-state index in [0.29, 0.717) is 13.0 Å². The molecule has 19 heavy (non-hydrogen) atoms. The molecule has 0 saturated heterocycles. The van der Waals surface area contributed by atoms with Gasteiger partial charge < -0.3 is 10.1 Å². The van der Waals surface area contributed by atoms with Gasteiger partial charge >= 0.3 is 0 Å². The Bertz CT molecular complexity index is 360. The summed E-state index contributed by atoms with van der Waals surface area (Å²) in [7, 11) is 0. The number of carbonyl (C=O) groups is 1. The zero-order valence-electron chi connectivity index (χ0n) is 12.1. The average Bonchev–Trinajstić information content (AvgIpc) is 2.43. The summed E-state index contributed by atoms with van der Waals surface area (Å²) >= 11 is 0. The molecule has 3 heteroatoms. The quantitative estimate of drug-likeness (QED) is 0.694. The smallest absolute Gasteiger partial charge is 0.220 e. The first-order valence-electron chi connectivity index (χ1n) is 7.24. The van der Waals surface area contributed by atoms with Crippen LogP contribution >= 0.6 is 0 Å². The van der Waals surface area contributed by atoms with Gasteiger partial charge in [-0.3, -0.25) is 4.79 Å². The summed E-state index contributed by atoms with van der Waals surface area (Å²) < 4.78 is 5.38. The summed E-state index contributed by atoms with van der Waals surface area (Å²) in [6.07, 6.45) is 4.78. The van der Waals surface area contributed by atoms with E-state index in [4.69, 9.17) is 4.74 Å². The summed E-state index contributed by atoms with van der Waals surface area (Å²) in [6, 6.07) is 7.96. The van der Waals surface area contributed by atoms with Gasteiger partial charge in [0.2, 0.25) is 5.91 Å². The molecular formula is C16H25NO2. The lowest BCUT2D eigenvalue weighted by atomic mass is 10.1. The van der Waals surface area contributed by atoms with Gasteiger partial charge in [0, 0.05) is 13.0 Å². The van der Waals surface area contributed by atoms with Crippen LogP contribution in [0.5, 0.6) is 5.75 Å². The molecule has 0 aliphatic carbocycles. The molecule has 0 aliphatic heterocycles. The van der Waals surface area contributed by atoms with Crippen molar-refractivity contribution in [1.82, 2.24) is 5.32 Å². The Morgan fingerprint density at radius 1 is 1.16 bits per heavy atom. The van der Waals surface area contributed by atoms with Gasteiger partial charge in [-0.1, -0.05) is 31.9 Å². The zero-order chi connectivity index (χ0) is 13.9. The van der Waals surface area contributed by atoms with E-state index in [2.05, 4.69) is 12.2 Å². The first-order chi connectivity index (χ1) is 9.26. The van der Waals surface area contributed by atoms with Crippen LogP contribution in [0.3, 0.4) is 0 Å². The van der Waals surface area contributed by atoms with Crippen LogP contribution in [0, 0.1) is 0 Å². The Kier molecular flexibility index (Phi) is 7.71. The molecule has 0 fully saturated rings. The van der Waals surface area contributed by atoms with Gasteiger partial charge in [0.15, 0.2) is 0 Å². The van der Waals surface area contributed by atoms with E-state index >= 15 is 0 Å². The van der Waals surface area contributed by atoms with E-state index in [9.17, 15) is 4.79 Å². The van der Waals surface area contributed by atoms with Gasteiger partial charge in [0.25, 0.3) is 0 Å². The van der Waals surface area contributed by atoms with Gasteiger partial charge in [-0.2, -0.15) is 0 Å². The summed E-state index contributed by atoms with van der Waals surface area (Å²) in [4.78, 5) is 11.6. The molecule has 0 bridgehead atoms. The Labute approximate surface area is 116 Å². The SMILES string of the molecule is CCCCCNC(=O)CCc1ccc(OCC)cc1. The largest absolute Gasteiger partial charge is 0.494 e. The molecule has 1 aromatic carbocycles. The first kappa shape index (κ1) is 15.5. The van der Waals surface area contributed by atoms with Crippen molar-refractivity contribution >= 4 is 5.91 Å². The monoisotopic (exact) mass is 263 g/mol. The predicted octanol–water partition coefficient (Wildman–Crippen LogP) is 3.32. The van der Waals surface area contributed by atoms with Crippen LogP contribution in [0.1, 0.15) is 45.1 Å². The van der Waals surface area contributed by atoms with Crippen molar-refractivity contribution in [3.05, 3.63) is 29.8 Å². The van der Waals surface area contributed by atoms with Crippen LogP contribution in [0.2, 0.25) is 0 Å². The number of carbonyl (C=O) groups excluding carboxylic acids is 1. The molecule has 0 aliphatic rings. The van der Waals surface area contributed by atoms with Crippen molar-refractivity contribution in [3.8, 4) is 5.75 Å². The van der Waals surface area contributed by atoms with Crippen molar-refractivity contribution in [1.29, 1.82) is 0 Å². The van der Waals surface area contributed by atoms with Crippen LogP contribution in [0.4, 0.5) is 0 Å². The number of aryl methyl sites for hydroxylation is 1. The van der Waals surface area contributed by atoms with Crippen LogP contribution < -0.4 is 10.1 Å². The lowest BCUT2D eigenvalue weighted by Gasteiger charge is -2.06.